The molecule has 0 amide bonds. The van der Waals surface area contributed by atoms with Crippen LogP contribution in [0.4, 0.5) is 0 Å². The Morgan fingerprint density at radius 1 is 1.35 bits per heavy atom. The molecule has 0 radical (unpaired) electrons. The fourth-order valence-electron chi connectivity index (χ4n) is 1.53. The highest BCUT2D eigenvalue weighted by Gasteiger charge is 2.12. The molecule has 0 spiro atoms. The highest BCUT2D eigenvalue weighted by Crippen LogP contribution is 2.21. The number of aryl methyl sites for hydroxylation is 1. The average Bonchev–Trinajstić information content (AvgIpc) is 2.64. The fraction of sp³-hybridized carbons (Fsp3) is 0.167. The molecule has 0 saturated heterocycles. The van der Waals surface area contributed by atoms with E-state index in [1.165, 1.54) is 0 Å². The molecule has 1 N–H and O–H groups in total. The van der Waals surface area contributed by atoms with E-state index in [2.05, 4.69) is 15.6 Å². The first-order valence-electron chi connectivity index (χ1n) is 5.24. The Morgan fingerprint density at radius 3 is 2.71 bits per heavy atom. The van der Waals surface area contributed by atoms with Gasteiger partial charge in [-0.25, -0.2) is 4.68 Å². The molecule has 1 aromatic heterocycles. The molecule has 4 nitrogen and oxygen atoms in total. The monoisotopic (exact) mass is 248 g/mol. The van der Waals surface area contributed by atoms with Crippen molar-refractivity contribution in [1.29, 1.82) is 0 Å². The van der Waals surface area contributed by atoms with Crippen LogP contribution < -0.4 is 5.43 Å². The highest BCUT2D eigenvalue weighted by atomic mass is 35.5. The number of benzene rings is 1. The predicted molar refractivity (Wildman–Crippen MR) is 70.0 cm³/mol. The fourth-order valence-corrected chi connectivity index (χ4v) is 1.85. The van der Waals surface area contributed by atoms with Gasteiger partial charge in [-0.1, -0.05) is 29.8 Å². The summed E-state index contributed by atoms with van der Waals surface area (Å²) in [4.78, 5) is 0. The van der Waals surface area contributed by atoms with Gasteiger partial charge in [0.1, 0.15) is 5.15 Å². The zero-order valence-electron chi connectivity index (χ0n) is 9.68. The van der Waals surface area contributed by atoms with Crippen molar-refractivity contribution in [3.8, 4) is 5.69 Å². The lowest BCUT2D eigenvalue weighted by atomic mass is 10.3. The van der Waals surface area contributed by atoms with Gasteiger partial charge < -0.3 is 5.43 Å². The summed E-state index contributed by atoms with van der Waals surface area (Å²) in [5, 5.41) is 8.92. The van der Waals surface area contributed by atoms with Crippen LogP contribution in [0.2, 0.25) is 5.15 Å². The van der Waals surface area contributed by atoms with Crippen LogP contribution in [0.15, 0.2) is 35.4 Å². The molecular formula is C12H13ClN4. The van der Waals surface area contributed by atoms with Gasteiger partial charge in [0.25, 0.3) is 0 Å². The minimum Gasteiger partial charge on any atom is -0.313 e. The molecule has 0 aliphatic rings. The molecule has 0 atom stereocenters. The number of aromatic nitrogens is 2. The van der Waals surface area contributed by atoms with E-state index in [0.717, 1.165) is 16.9 Å². The van der Waals surface area contributed by atoms with Gasteiger partial charge in [-0.15, -0.1) is 0 Å². The van der Waals surface area contributed by atoms with E-state index in [1.807, 2.05) is 37.3 Å². The lowest BCUT2D eigenvalue weighted by Crippen LogP contribution is -1.97. The van der Waals surface area contributed by atoms with E-state index in [1.54, 1.807) is 17.9 Å². The van der Waals surface area contributed by atoms with Crippen LogP contribution in [0.1, 0.15) is 11.3 Å². The molecule has 17 heavy (non-hydrogen) atoms. The number of nitrogens with one attached hydrogen (secondary N) is 1. The Hall–Kier alpha value is -1.81. The Morgan fingerprint density at radius 2 is 2.06 bits per heavy atom. The maximum Gasteiger partial charge on any atom is 0.142 e. The van der Waals surface area contributed by atoms with Crippen LogP contribution in [0.5, 0.6) is 0 Å². The molecule has 0 aliphatic carbocycles. The SMILES string of the molecule is CN/N=C/c1c(C)nn(-c2ccccc2)c1Cl. The Kier molecular flexibility index (Phi) is 3.44. The molecule has 0 bridgehead atoms. The maximum atomic E-state index is 6.28. The minimum atomic E-state index is 0.563. The van der Waals surface area contributed by atoms with Crippen LogP contribution in [-0.4, -0.2) is 23.0 Å². The first-order valence-corrected chi connectivity index (χ1v) is 5.62. The van der Waals surface area contributed by atoms with Gasteiger partial charge in [0.05, 0.1) is 23.2 Å². The first kappa shape index (κ1) is 11.7. The summed E-state index contributed by atoms with van der Waals surface area (Å²) in [5.41, 5.74) is 5.30. The van der Waals surface area contributed by atoms with Crippen molar-refractivity contribution in [3.05, 3.63) is 46.7 Å². The van der Waals surface area contributed by atoms with Crippen molar-refractivity contribution in [1.82, 2.24) is 15.2 Å². The lowest BCUT2D eigenvalue weighted by molar-refractivity contribution is 0.863. The Balaban J connectivity index is 2.48. The Bertz CT molecular complexity index is 531. The number of hydrogen-bond acceptors (Lipinski definition) is 3. The Labute approximate surface area is 105 Å². The van der Waals surface area contributed by atoms with E-state index < -0.39 is 0 Å². The third-order valence-electron chi connectivity index (χ3n) is 2.37. The number of para-hydroxylation sites is 1. The number of rotatable bonds is 3. The topological polar surface area (TPSA) is 42.2 Å². The second-order valence-electron chi connectivity index (χ2n) is 3.52. The number of nitrogens with zero attached hydrogens (tertiary/aromatic N) is 3. The molecular weight excluding hydrogens is 236 g/mol. The van der Waals surface area contributed by atoms with Gasteiger partial charge >= 0.3 is 0 Å². The van der Waals surface area contributed by atoms with Gasteiger partial charge in [0.2, 0.25) is 0 Å². The van der Waals surface area contributed by atoms with Crippen molar-refractivity contribution < 1.29 is 0 Å². The molecule has 1 aromatic carbocycles. The van der Waals surface area contributed by atoms with E-state index in [-0.39, 0.29) is 0 Å². The van der Waals surface area contributed by atoms with Crippen LogP contribution in [-0.2, 0) is 0 Å². The molecule has 2 rings (SSSR count). The summed E-state index contributed by atoms with van der Waals surface area (Å²) in [6.45, 7) is 1.91. The van der Waals surface area contributed by atoms with Crippen molar-refractivity contribution in [2.45, 2.75) is 6.92 Å². The summed E-state index contributed by atoms with van der Waals surface area (Å²) >= 11 is 6.28. The van der Waals surface area contributed by atoms with Crippen molar-refractivity contribution >= 4 is 17.8 Å². The zero-order valence-corrected chi connectivity index (χ0v) is 10.4. The van der Waals surface area contributed by atoms with Gasteiger partial charge in [0, 0.05) is 7.05 Å². The molecule has 5 heteroatoms. The zero-order chi connectivity index (χ0) is 12.3. The molecule has 0 saturated carbocycles. The summed E-state index contributed by atoms with van der Waals surface area (Å²) in [6.07, 6.45) is 1.67. The van der Waals surface area contributed by atoms with E-state index >= 15 is 0 Å². The van der Waals surface area contributed by atoms with Gasteiger partial charge in [0.15, 0.2) is 0 Å². The molecule has 0 fully saturated rings. The highest BCUT2D eigenvalue weighted by molar-refractivity contribution is 6.32. The van der Waals surface area contributed by atoms with Crippen molar-refractivity contribution in [3.63, 3.8) is 0 Å². The summed E-state index contributed by atoms with van der Waals surface area (Å²) in [6, 6.07) is 9.76. The standard InChI is InChI=1S/C12H13ClN4/c1-9-11(8-15-14-2)12(13)17(16-9)10-6-4-3-5-7-10/h3-8,14H,1-2H3/b15-8+. The predicted octanol–water partition coefficient (Wildman–Crippen LogP) is 2.39. The molecule has 88 valence electrons. The smallest absolute Gasteiger partial charge is 0.142 e. The second-order valence-corrected chi connectivity index (χ2v) is 3.88. The summed E-state index contributed by atoms with van der Waals surface area (Å²) in [5.74, 6) is 0. The molecule has 0 aliphatic heterocycles. The maximum absolute atomic E-state index is 6.28. The molecule has 0 unspecified atom stereocenters. The van der Waals surface area contributed by atoms with Crippen LogP contribution in [0.3, 0.4) is 0 Å². The minimum absolute atomic E-state index is 0.563. The van der Waals surface area contributed by atoms with Gasteiger partial charge in [-0.05, 0) is 19.1 Å². The van der Waals surface area contributed by atoms with Gasteiger partial charge in [-0.3, -0.25) is 0 Å². The number of hydrogen-bond donors (Lipinski definition) is 1. The number of halogens is 1. The quantitative estimate of drug-likeness (QED) is 0.670. The van der Waals surface area contributed by atoms with E-state index in [9.17, 15) is 0 Å². The third-order valence-corrected chi connectivity index (χ3v) is 2.74. The molecule has 2 aromatic rings. The van der Waals surface area contributed by atoms with Crippen LogP contribution in [0, 0.1) is 6.92 Å². The normalized spacial score (nSPS) is 11.0. The van der Waals surface area contributed by atoms with Crippen LogP contribution >= 0.6 is 11.6 Å². The van der Waals surface area contributed by atoms with Gasteiger partial charge in [-0.2, -0.15) is 10.2 Å². The second kappa shape index (κ2) is 5.01. The van der Waals surface area contributed by atoms with E-state index in [0.29, 0.717) is 5.15 Å². The van der Waals surface area contributed by atoms with Crippen LogP contribution in [0.25, 0.3) is 5.69 Å². The largest absolute Gasteiger partial charge is 0.313 e. The first-order chi connectivity index (χ1) is 8.24. The number of hydrazone groups is 1. The van der Waals surface area contributed by atoms with E-state index in [4.69, 9.17) is 11.6 Å². The lowest BCUT2D eigenvalue weighted by Gasteiger charge is -2.01. The summed E-state index contributed by atoms with van der Waals surface area (Å²) in [7, 11) is 1.74. The molecule has 1 heterocycles. The van der Waals surface area contributed by atoms with Crippen molar-refractivity contribution in [2.75, 3.05) is 7.05 Å². The summed E-state index contributed by atoms with van der Waals surface area (Å²) < 4.78 is 1.70. The van der Waals surface area contributed by atoms with Crippen molar-refractivity contribution in [2.24, 2.45) is 5.10 Å². The third kappa shape index (κ3) is 2.31. The average molecular weight is 249 g/mol.